The lowest BCUT2D eigenvalue weighted by molar-refractivity contribution is -0.120. The lowest BCUT2D eigenvalue weighted by Gasteiger charge is -2.05. The summed E-state index contributed by atoms with van der Waals surface area (Å²) < 4.78 is 0. The Balaban J connectivity index is 2.15. The van der Waals surface area contributed by atoms with Gasteiger partial charge in [0.15, 0.2) is 0 Å². The van der Waals surface area contributed by atoms with Crippen LogP contribution in [0.1, 0.15) is 23.7 Å². The van der Waals surface area contributed by atoms with Crippen LogP contribution in [0.25, 0.3) is 0 Å². The first-order valence-electron chi connectivity index (χ1n) is 7.14. The molecule has 0 saturated heterocycles. The molecule has 0 aliphatic carbocycles. The van der Waals surface area contributed by atoms with Crippen molar-refractivity contribution in [2.75, 3.05) is 23.5 Å². The first-order valence-corrected chi connectivity index (χ1v) is 9.63. The van der Waals surface area contributed by atoms with Crippen LogP contribution in [0.3, 0.4) is 0 Å². The molecule has 0 fully saturated rings. The zero-order valence-corrected chi connectivity index (χ0v) is 15.0. The third kappa shape index (κ3) is 8.53. The van der Waals surface area contributed by atoms with Gasteiger partial charge in [0.05, 0.1) is 5.56 Å². The number of anilines is 1. The van der Waals surface area contributed by atoms with Gasteiger partial charge in [0, 0.05) is 43.6 Å². The molecule has 1 aromatic heterocycles. The van der Waals surface area contributed by atoms with Gasteiger partial charge in [0.25, 0.3) is 5.91 Å². The van der Waals surface area contributed by atoms with Gasteiger partial charge < -0.3 is 5.32 Å². The third-order valence-corrected chi connectivity index (χ3v) is 4.91. The van der Waals surface area contributed by atoms with Crippen LogP contribution in [0.15, 0.2) is 28.5 Å². The molecule has 0 bridgehead atoms. The predicted octanol–water partition coefficient (Wildman–Crippen LogP) is 1.73. The van der Waals surface area contributed by atoms with E-state index in [9.17, 15) is 9.59 Å². The summed E-state index contributed by atoms with van der Waals surface area (Å²) >= 11 is 0. The minimum atomic E-state index is -0.171. The van der Waals surface area contributed by atoms with E-state index < -0.39 is 0 Å². The smallest absolute Gasteiger partial charge is 0.252 e. The van der Waals surface area contributed by atoms with E-state index in [0.29, 0.717) is 30.1 Å². The minimum Gasteiger partial charge on any atom is -0.351 e. The standard InChI is InChI=1S/C14H20N6O2S2/c1-3-18-19-12-5-4-11(10-17-12)14(22)16-7-9-24-23-8-6-13(21)20-15-2/h3-5,10H,2,6-9H2,1H3,(H,16,22)(H,17,19)(H,20,21)/b18-3+. The lowest BCUT2D eigenvalue weighted by atomic mass is 10.2. The monoisotopic (exact) mass is 368 g/mol. The molecule has 10 heteroatoms. The number of nitrogens with one attached hydrogen (secondary N) is 3. The van der Waals surface area contributed by atoms with Gasteiger partial charge >= 0.3 is 0 Å². The molecule has 1 rings (SSSR count). The molecule has 0 saturated carbocycles. The van der Waals surface area contributed by atoms with E-state index in [2.05, 4.69) is 38.1 Å². The zero-order chi connectivity index (χ0) is 17.6. The molecule has 0 spiro atoms. The van der Waals surface area contributed by atoms with Crippen LogP contribution in [-0.4, -0.2) is 47.8 Å². The fraction of sp³-hybridized carbons (Fsp3) is 0.357. The predicted molar refractivity (Wildman–Crippen MR) is 102 cm³/mol. The number of amides is 2. The number of hydrogen-bond acceptors (Lipinski definition) is 8. The molecule has 0 aliphatic heterocycles. The van der Waals surface area contributed by atoms with E-state index in [1.165, 1.54) is 6.20 Å². The molecule has 0 atom stereocenters. The van der Waals surface area contributed by atoms with Gasteiger partial charge in [-0.2, -0.15) is 10.2 Å². The van der Waals surface area contributed by atoms with Gasteiger partial charge in [-0.3, -0.25) is 15.0 Å². The first kappa shape index (κ1) is 20.0. The largest absolute Gasteiger partial charge is 0.351 e. The molecular formula is C14H20N6O2S2. The highest BCUT2D eigenvalue weighted by Gasteiger charge is 2.05. The molecule has 2 amide bonds. The van der Waals surface area contributed by atoms with Crippen molar-refractivity contribution in [3.8, 4) is 0 Å². The van der Waals surface area contributed by atoms with Crippen LogP contribution in [-0.2, 0) is 4.79 Å². The Morgan fingerprint density at radius 3 is 2.79 bits per heavy atom. The number of rotatable bonds is 11. The Bertz CT molecular complexity index is 565. The summed E-state index contributed by atoms with van der Waals surface area (Å²) in [5, 5.41) is 9.97. The average Bonchev–Trinajstić information content (AvgIpc) is 2.59. The Morgan fingerprint density at radius 2 is 2.12 bits per heavy atom. The van der Waals surface area contributed by atoms with Crippen LogP contribution in [0.2, 0.25) is 0 Å². The lowest BCUT2D eigenvalue weighted by Crippen LogP contribution is -2.25. The summed E-state index contributed by atoms with van der Waals surface area (Å²) in [6.45, 7) is 5.51. The molecule has 1 aromatic rings. The van der Waals surface area contributed by atoms with Gasteiger partial charge in [-0.25, -0.2) is 10.4 Å². The van der Waals surface area contributed by atoms with Crippen molar-refractivity contribution in [3.05, 3.63) is 23.9 Å². The maximum Gasteiger partial charge on any atom is 0.252 e. The summed E-state index contributed by atoms with van der Waals surface area (Å²) in [5.41, 5.74) is 5.50. The Morgan fingerprint density at radius 1 is 1.33 bits per heavy atom. The number of aromatic nitrogens is 1. The second-order valence-corrected chi connectivity index (χ2v) is 6.98. The quantitative estimate of drug-likeness (QED) is 0.238. The molecule has 24 heavy (non-hydrogen) atoms. The second-order valence-electron chi connectivity index (χ2n) is 4.27. The molecule has 130 valence electrons. The molecule has 8 nitrogen and oxygen atoms in total. The fourth-order valence-electron chi connectivity index (χ4n) is 1.43. The molecule has 0 aromatic carbocycles. The summed E-state index contributed by atoms with van der Waals surface area (Å²) in [7, 11) is 3.17. The highest BCUT2D eigenvalue weighted by molar-refractivity contribution is 8.76. The van der Waals surface area contributed by atoms with Crippen LogP contribution in [0.4, 0.5) is 5.82 Å². The number of carbonyl (C=O) groups is 2. The minimum absolute atomic E-state index is 0.151. The van der Waals surface area contributed by atoms with Crippen molar-refractivity contribution in [1.29, 1.82) is 0 Å². The van der Waals surface area contributed by atoms with Crippen molar-refractivity contribution in [3.63, 3.8) is 0 Å². The van der Waals surface area contributed by atoms with Crippen molar-refractivity contribution in [2.45, 2.75) is 13.3 Å². The highest BCUT2D eigenvalue weighted by Crippen LogP contribution is 2.21. The number of hydrogen-bond donors (Lipinski definition) is 3. The van der Waals surface area contributed by atoms with E-state index in [4.69, 9.17) is 0 Å². The topological polar surface area (TPSA) is 108 Å². The number of pyridine rings is 1. The van der Waals surface area contributed by atoms with Gasteiger partial charge in [0.1, 0.15) is 5.82 Å². The van der Waals surface area contributed by atoms with Crippen molar-refractivity contribution >= 4 is 52.2 Å². The Hall–Kier alpha value is -2.07. The van der Waals surface area contributed by atoms with Crippen LogP contribution in [0.5, 0.6) is 0 Å². The summed E-state index contributed by atoms with van der Waals surface area (Å²) in [5.74, 6) is 1.68. The van der Waals surface area contributed by atoms with E-state index in [1.54, 1.807) is 46.9 Å². The van der Waals surface area contributed by atoms with Crippen LogP contribution in [0, 0.1) is 0 Å². The van der Waals surface area contributed by atoms with Gasteiger partial charge in [-0.15, -0.1) is 0 Å². The fourth-order valence-corrected chi connectivity index (χ4v) is 3.33. The summed E-state index contributed by atoms with van der Waals surface area (Å²) in [6.07, 6.45) is 3.49. The molecule has 0 aliphatic rings. The van der Waals surface area contributed by atoms with Gasteiger partial charge in [0.2, 0.25) is 5.91 Å². The van der Waals surface area contributed by atoms with Crippen molar-refractivity contribution in [2.24, 2.45) is 10.2 Å². The molecule has 3 N–H and O–H groups in total. The van der Waals surface area contributed by atoms with Crippen molar-refractivity contribution < 1.29 is 9.59 Å². The second kappa shape index (κ2) is 12.4. The average molecular weight is 368 g/mol. The number of carbonyl (C=O) groups excluding carboxylic acids is 2. The maximum absolute atomic E-state index is 11.9. The maximum atomic E-state index is 11.9. The SMILES string of the molecule is C=NNC(=O)CCSSCCNC(=O)c1ccc(N/N=C/C)nc1. The van der Waals surface area contributed by atoms with E-state index >= 15 is 0 Å². The number of hydrazone groups is 2. The Labute approximate surface area is 148 Å². The molecule has 1 heterocycles. The third-order valence-electron chi connectivity index (χ3n) is 2.50. The Kier molecular flexibility index (Phi) is 10.3. The normalized spacial score (nSPS) is 10.4. The molecule has 0 unspecified atom stereocenters. The van der Waals surface area contributed by atoms with Crippen LogP contribution >= 0.6 is 21.6 Å². The van der Waals surface area contributed by atoms with Gasteiger partial charge in [-0.1, -0.05) is 21.6 Å². The van der Waals surface area contributed by atoms with E-state index in [1.807, 2.05) is 0 Å². The summed E-state index contributed by atoms with van der Waals surface area (Å²) in [6, 6.07) is 3.37. The molecular weight excluding hydrogens is 348 g/mol. The van der Waals surface area contributed by atoms with E-state index in [0.717, 1.165) is 5.75 Å². The number of nitrogens with zero attached hydrogens (tertiary/aromatic N) is 3. The van der Waals surface area contributed by atoms with Crippen molar-refractivity contribution in [1.82, 2.24) is 15.7 Å². The molecule has 0 radical (unpaired) electrons. The zero-order valence-electron chi connectivity index (χ0n) is 13.3. The van der Waals surface area contributed by atoms with E-state index in [-0.39, 0.29) is 11.8 Å². The highest BCUT2D eigenvalue weighted by atomic mass is 33.1. The van der Waals surface area contributed by atoms with Crippen LogP contribution < -0.4 is 16.2 Å². The first-order chi connectivity index (χ1) is 11.7. The van der Waals surface area contributed by atoms with Gasteiger partial charge in [-0.05, 0) is 19.1 Å². The summed E-state index contributed by atoms with van der Waals surface area (Å²) in [4.78, 5) is 27.1.